The quantitative estimate of drug-likeness (QED) is 0.393. The lowest BCUT2D eigenvalue weighted by Gasteiger charge is -2.27. The van der Waals surface area contributed by atoms with Crippen LogP contribution in [0.25, 0.3) is 0 Å². The van der Waals surface area contributed by atoms with Crippen LogP contribution in [0.3, 0.4) is 0 Å². The summed E-state index contributed by atoms with van der Waals surface area (Å²) in [7, 11) is 3.03. The average molecular weight is 455 g/mol. The van der Waals surface area contributed by atoms with Gasteiger partial charge in [0.15, 0.2) is 17.6 Å². The fourth-order valence-electron chi connectivity index (χ4n) is 3.61. The van der Waals surface area contributed by atoms with E-state index in [1.807, 2.05) is 0 Å². The summed E-state index contributed by atoms with van der Waals surface area (Å²) in [4.78, 5) is 29.5. The summed E-state index contributed by atoms with van der Waals surface area (Å²) in [6.07, 6.45) is 8.07. The van der Waals surface area contributed by atoms with E-state index in [4.69, 9.17) is 14.2 Å². The Balaban J connectivity index is 1.65. The van der Waals surface area contributed by atoms with E-state index in [-0.39, 0.29) is 11.3 Å². The molecule has 1 aromatic carbocycles. The molecule has 33 heavy (non-hydrogen) atoms. The summed E-state index contributed by atoms with van der Waals surface area (Å²) in [6, 6.07) is 4.99. The Morgan fingerprint density at radius 1 is 1.18 bits per heavy atom. The normalized spacial score (nSPS) is 17.3. The number of aliphatic imine (C=N–C) groups is 1. The molecule has 8 heteroatoms. The number of phenolic OH excluding ortho intramolecular Hbond substituents is 1. The first-order valence-electron chi connectivity index (χ1n) is 11.0. The Morgan fingerprint density at radius 2 is 2.00 bits per heavy atom. The zero-order chi connectivity index (χ0) is 23.8. The number of nitrogens with one attached hydrogen (secondary N) is 1. The molecule has 2 N–H and O–H groups in total. The molecule has 3 rings (SSSR count). The van der Waals surface area contributed by atoms with Crippen LogP contribution >= 0.6 is 0 Å². The van der Waals surface area contributed by atoms with Crippen LogP contribution in [0.15, 0.2) is 58.3 Å². The first-order valence-corrected chi connectivity index (χ1v) is 11.0. The summed E-state index contributed by atoms with van der Waals surface area (Å²) >= 11 is 0. The molecule has 1 aliphatic carbocycles. The number of unbranched alkanes of at least 4 members (excludes halogenated alkanes) is 2. The van der Waals surface area contributed by atoms with Crippen LogP contribution in [0.5, 0.6) is 11.5 Å². The largest absolute Gasteiger partial charge is 0.504 e. The summed E-state index contributed by atoms with van der Waals surface area (Å²) < 4.78 is 16.5. The SMILES string of the molecule is CCCCCOC1C(OC)=CC=C2C=C(C(=O)NCCc3ccc(O)c(OC)c3)C(=O)N=C21. The van der Waals surface area contributed by atoms with Crippen LogP contribution < -0.4 is 10.1 Å². The molecule has 1 aliphatic heterocycles. The molecule has 0 saturated heterocycles. The highest BCUT2D eigenvalue weighted by Gasteiger charge is 2.33. The van der Waals surface area contributed by atoms with Gasteiger partial charge < -0.3 is 24.6 Å². The number of hydrogen-bond acceptors (Lipinski definition) is 6. The fourth-order valence-corrected chi connectivity index (χ4v) is 3.61. The van der Waals surface area contributed by atoms with E-state index in [9.17, 15) is 14.7 Å². The molecule has 0 saturated carbocycles. The first-order chi connectivity index (χ1) is 16.0. The van der Waals surface area contributed by atoms with Gasteiger partial charge in [-0.05, 0) is 48.8 Å². The van der Waals surface area contributed by atoms with Gasteiger partial charge in [-0.25, -0.2) is 4.99 Å². The molecule has 8 nitrogen and oxygen atoms in total. The molecule has 2 aliphatic rings. The molecular weight excluding hydrogens is 424 g/mol. The summed E-state index contributed by atoms with van der Waals surface area (Å²) in [5.74, 6) is -0.102. The van der Waals surface area contributed by atoms with Gasteiger partial charge in [0, 0.05) is 18.7 Å². The van der Waals surface area contributed by atoms with Gasteiger partial charge in [0.05, 0.1) is 19.9 Å². The third-order valence-electron chi connectivity index (χ3n) is 5.44. The molecule has 0 fully saturated rings. The van der Waals surface area contributed by atoms with Crippen molar-refractivity contribution in [3.8, 4) is 11.5 Å². The number of dihydropyridines is 1. The van der Waals surface area contributed by atoms with Crippen LogP contribution in [0.1, 0.15) is 31.7 Å². The number of fused-ring (bicyclic) bond motifs is 1. The number of rotatable bonds is 11. The number of carbonyl (C=O) groups excluding carboxylic acids is 2. The van der Waals surface area contributed by atoms with Crippen molar-refractivity contribution in [2.45, 2.75) is 38.7 Å². The van der Waals surface area contributed by atoms with Gasteiger partial charge in [-0.3, -0.25) is 9.59 Å². The summed E-state index contributed by atoms with van der Waals surface area (Å²) in [5, 5.41) is 12.4. The molecule has 0 bridgehead atoms. The van der Waals surface area contributed by atoms with E-state index in [1.165, 1.54) is 13.2 Å². The van der Waals surface area contributed by atoms with E-state index >= 15 is 0 Å². The lowest BCUT2D eigenvalue weighted by atomic mass is 9.93. The summed E-state index contributed by atoms with van der Waals surface area (Å²) in [5.41, 5.74) is 1.98. The molecular formula is C25H30N2O6. The molecule has 1 heterocycles. The molecule has 2 amide bonds. The second kappa shape index (κ2) is 11.5. The van der Waals surface area contributed by atoms with Crippen molar-refractivity contribution in [1.29, 1.82) is 0 Å². The number of ether oxygens (including phenoxy) is 3. The molecule has 0 spiro atoms. The van der Waals surface area contributed by atoms with Gasteiger partial charge in [0.1, 0.15) is 11.3 Å². The average Bonchev–Trinajstić information content (AvgIpc) is 2.82. The third kappa shape index (κ3) is 5.90. The van der Waals surface area contributed by atoms with E-state index < -0.39 is 17.9 Å². The zero-order valence-electron chi connectivity index (χ0n) is 19.2. The van der Waals surface area contributed by atoms with Gasteiger partial charge in [-0.15, -0.1) is 0 Å². The van der Waals surface area contributed by atoms with Crippen LogP contribution in [0.4, 0.5) is 0 Å². The Labute approximate surface area is 193 Å². The standard InChI is InChI=1S/C25H30N2O6/c1-4-5-6-13-33-23-20(31-2)10-8-17-15-18(25(30)27-22(17)23)24(29)26-12-11-16-7-9-19(28)21(14-16)32-3/h7-10,14-15,23,28H,4-6,11-13H2,1-3H3,(H,26,29). The maximum atomic E-state index is 12.7. The van der Waals surface area contributed by atoms with Crippen molar-refractivity contribution in [3.05, 3.63) is 58.9 Å². The minimum absolute atomic E-state index is 0.0210. The number of phenols is 1. The highest BCUT2D eigenvalue weighted by Crippen LogP contribution is 2.27. The number of nitrogens with zero attached hydrogens (tertiary/aromatic N) is 1. The molecule has 0 radical (unpaired) electrons. The topological polar surface area (TPSA) is 106 Å². The molecule has 176 valence electrons. The number of carbonyl (C=O) groups is 2. The van der Waals surface area contributed by atoms with E-state index in [0.29, 0.717) is 42.4 Å². The molecule has 0 aromatic heterocycles. The van der Waals surface area contributed by atoms with Crippen LogP contribution in [0, 0.1) is 0 Å². The van der Waals surface area contributed by atoms with Crippen molar-refractivity contribution >= 4 is 17.5 Å². The molecule has 1 atom stereocenters. The maximum absolute atomic E-state index is 12.7. The van der Waals surface area contributed by atoms with Gasteiger partial charge in [-0.1, -0.05) is 25.8 Å². The van der Waals surface area contributed by atoms with Gasteiger partial charge in [0.25, 0.3) is 11.8 Å². The van der Waals surface area contributed by atoms with E-state index in [0.717, 1.165) is 24.8 Å². The van der Waals surface area contributed by atoms with Gasteiger partial charge in [0.2, 0.25) is 0 Å². The van der Waals surface area contributed by atoms with Crippen molar-refractivity contribution in [2.75, 3.05) is 27.4 Å². The summed E-state index contributed by atoms with van der Waals surface area (Å²) in [6.45, 7) is 2.95. The Bertz CT molecular complexity index is 1020. The van der Waals surface area contributed by atoms with Crippen molar-refractivity contribution in [2.24, 2.45) is 4.99 Å². The van der Waals surface area contributed by atoms with Gasteiger partial charge >= 0.3 is 0 Å². The lowest BCUT2D eigenvalue weighted by molar-refractivity contribution is -0.122. The van der Waals surface area contributed by atoms with Gasteiger partial charge in [-0.2, -0.15) is 0 Å². The predicted molar refractivity (Wildman–Crippen MR) is 124 cm³/mol. The number of amides is 2. The first kappa shape index (κ1) is 24.3. The van der Waals surface area contributed by atoms with Crippen molar-refractivity contribution in [1.82, 2.24) is 5.32 Å². The monoisotopic (exact) mass is 454 g/mol. The van der Waals surface area contributed by atoms with Crippen molar-refractivity contribution in [3.63, 3.8) is 0 Å². The Kier molecular flexibility index (Phi) is 8.43. The highest BCUT2D eigenvalue weighted by atomic mass is 16.5. The lowest BCUT2D eigenvalue weighted by Crippen LogP contribution is -2.36. The number of benzene rings is 1. The molecule has 1 unspecified atom stereocenters. The Hall–Kier alpha value is -3.39. The van der Waals surface area contributed by atoms with E-state index in [1.54, 1.807) is 37.5 Å². The van der Waals surface area contributed by atoms with Crippen LogP contribution in [-0.2, 0) is 25.5 Å². The van der Waals surface area contributed by atoms with E-state index in [2.05, 4.69) is 17.2 Å². The number of methoxy groups -OCH3 is 2. The Morgan fingerprint density at radius 3 is 2.73 bits per heavy atom. The maximum Gasteiger partial charge on any atom is 0.282 e. The highest BCUT2D eigenvalue weighted by molar-refractivity contribution is 6.27. The fraction of sp³-hybridized carbons (Fsp3) is 0.400. The zero-order valence-corrected chi connectivity index (χ0v) is 19.2. The van der Waals surface area contributed by atoms with Crippen LogP contribution in [0.2, 0.25) is 0 Å². The second-order valence-corrected chi connectivity index (χ2v) is 7.73. The number of aromatic hydroxyl groups is 1. The second-order valence-electron chi connectivity index (χ2n) is 7.73. The number of hydrogen-bond donors (Lipinski definition) is 2. The predicted octanol–water partition coefficient (Wildman–Crippen LogP) is 3.01. The van der Waals surface area contributed by atoms with Crippen molar-refractivity contribution < 1.29 is 28.9 Å². The minimum Gasteiger partial charge on any atom is -0.504 e. The van der Waals surface area contributed by atoms with Crippen LogP contribution in [-0.4, -0.2) is 56.1 Å². The minimum atomic E-state index is -0.606. The third-order valence-corrected chi connectivity index (χ3v) is 5.44. The smallest absolute Gasteiger partial charge is 0.282 e. The molecule has 1 aromatic rings. The number of allylic oxidation sites excluding steroid dienone is 3.